The van der Waals surface area contributed by atoms with Crippen LogP contribution in [0.25, 0.3) is 11.0 Å². The van der Waals surface area contributed by atoms with E-state index in [2.05, 4.69) is 9.97 Å². The first-order valence-corrected chi connectivity index (χ1v) is 5.03. The minimum Gasteiger partial charge on any atom is -0.337 e. The number of aromatic amines is 1. The molecule has 2 aromatic heterocycles. The molecule has 0 amide bonds. The number of fused-ring (bicyclic) bond motifs is 1. The predicted molar refractivity (Wildman–Crippen MR) is 61.4 cm³/mol. The van der Waals surface area contributed by atoms with E-state index in [4.69, 9.17) is 0 Å². The zero-order chi connectivity index (χ0) is 11.9. The summed E-state index contributed by atoms with van der Waals surface area (Å²) in [4.78, 5) is 17.9. The van der Waals surface area contributed by atoms with Crippen molar-refractivity contribution in [3.05, 3.63) is 34.1 Å². The average molecular weight is 219 g/mol. The summed E-state index contributed by atoms with van der Waals surface area (Å²) in [5, 5.41) is 11.7. The molecule has 0 bridgehead atoms. The van der Waals surface area contributed by atoms with E-state index in [0.717, 1.165) is 0 Å². The molecule has 0 unspecified atom stereocenters. The molecule has 0 aliphatic rings. The zero-order valence-electron chi connectivity index (χ0n) is 9.44. The summed E-state index contributed by atoms with van der Waals surface area (Å²) in [5.41, 5.74) is 1.02. The maximum atomic E-state index is 11.1. The highest BCUT2D eigenvalue weighted by Gasteiger charge is 2.30. The molecule has 0 saturated carbocycles. The van der Waals surface area contributed by atoms with Gasteiger partial charge in [0.1, 0.15) is 11.3 Å². The summed E-state index contributed by atoms with van der Waals surface area (Å²) in [6.07, 6.45) is 1.62. The minimum absolute atomic E-state index is 0.135. The monoisotopic (exact) mass is 219 g/mol. The highest BCUT2D eigenvalue weighted by molar-refractivity contribution is 5.88. The topological polar surface area (TPSA) is 71.8 Å². The fourth-order valence-corrected chi connectivity index (χ4v) is 1.74. The summed E-state index contributed by atoms with van der Waals surface area (Å²) >= 11 is 0. The Morgan fingerprint density at radius 2 is 2.12 bits per heavy atom. The van der Waals surface area contributed by atoms with Crippen LogP contribution < -0.4 is 0 Å². The maximum Gasteiger partial charge on any atom is 0.299 e. The van der Waals surface area contributed by atoms with Crippen LogP contribution in [0.4, 0.5) is 5.69 Å². The maximum absolute atomic E-state index is 11.1. The Balaban J connectivity index is 2.84. The van der Waals surface area contributed by atoms with Crippen LogP contribution in [-0.4, -0.2) is 14.9 Å². The summed E-state index contributed by atoms with van der Waals surface area (Å²) in [6.45, 7) is 5.81. The molecule has 84 valence electrons. The van der Waals surface area contributed by atoms with Crippen molar-refractivity contribution >= 4 is 16.7 Å². The summed E-state index contributed by atoms with van der Waals surface area (Å²) in [5.74, 6) is 0. The lowest BCUT2D eigenvalue weighted by molar-refractivity contribution is -0.384. The molecule has 16 heavy (non-hydrogen) atoms. The molecule has 5 nitrogen and oxygen atoms in total. The van der Waals surface area contributed by atoms with E-state index < -0.39 is 0 Å². The Labute approximate surface area is 92.7 Å². The van der Waals surface area contributed by atoms with Gasteiger partial charge in [0.05, 0.1) is 10.3 Å². The molecule has 0 fully saturated rings. The molecule has 2 rings (SSSR count). The number of aromatic nitrogens is 2. The van der Waals surface area contributed by atoms with Crippen molar-refractivity contribution in [3.8, 4) is 0 Å². The number of pyridine rings is 1. The van der Waals surface area contributed by atoms with Crippen molar-refractivity contribution in [2.24, 2.45) is 0 Å². The van der Waals surface area contributed by atoms with Gasteiger partial charge in [-0.1, -0.05) is 20.8 Å². The van der Waals surface area contributed by atoms with Gasteiger partial charge in [0.15, 0.2) is 0 Å². The third-order valence-electron chi connectivity index (χ3n) is 2.48. The van der Waals surface area contributed by atoms with Crippen LogP contribution in [0.2, 0.25) is 0 Å². The van der Waals surface area contributed by atoms with Gasteiger partial charge >= 0.3 is 0 Å². The largest absolute Gasteiger partial charge is 0.337 e. The molecule has 0 spiro atoms. The Kier molecular flexibility index (Phi) is 2.18. The molecule has 0 radical (unpaired) electrons. The van der Waals surface area contributed by atoms with E-state index in [0.29, 0.717) is 16.7 Å². The molecule has 0 aromatic carbocycles. The van der Waals surface area contributed by atoms with E-state index in [9.17, 15) is 10.1 Å². The van der Waals surface area contributed by atoms with Gasteiger partial charge in [-0.05, 0) is 12.1 Å². The number of nitrogens with zero attached hydrogens (tertiary/aromatic N) is 2. The van der Waals surface area contributed by atoms with Crippen LogP contribution in [0.1, 0.15) is 26.5 Å². The molecule has 0 aliphatic heterocycles. The Morgan fingerprint density at radius 3 is 2.69 bits per heavy atom. The lowest BCUT2D eigenvalue weighted by Crippen LogP contribution is -2.13. The highest BCUT2D eigenvalue weighted by atomic mass is 16.6. The summed E-state index contributed by atoms with van der Waals surface area (Å²) < 4.78 is 0. The lowest BCUT2D eigenvalue weighted by Gasteiger charge is -2.15. The second-order valence-electron chi connectivity index (χ2n) is 4.76. The second-order valence-corrected chi connectivity index (χ2v) is 4.76. The predicted octanol–water partition coefficient (Wildman–Crippen LogP) is 2.77. The molecular weight excluding hydrogens is 206 g/mol. The molecule has 0 saturated heterocycles. The molecular formula is C11H13N3O2. The van der Waals surface area contributed by atoms with Gasteiger partial charge in [-0.15, -0.1) is 0 Å². The molecule has 2 aromatic rings. The highest BCUT2D eigenvalue weighted by Crippen LogP contribution is 2.35. The standard InChI is InChI=1S/C11H13N3O2/c1-11(2,3)9-8(14(15)16)7-5-4-6-12-10(7)13-9/h4-6H,1-3H3,(H,12,13). The van der Waals surface area contributed by atoms with E-state index in [-0.39, 0.29) is 16.0 Å². The third kappa shape index (κ3) is 1.54. The fourth-order valence-electron chi connectivity index (χ4n) is 1.74. The van der Waals surface area contributed by atoms with Crippen molar-refractivity contribution < 1.29 is 4.92 Å². The number of hydrogen-bond acceptors (Lipinski definition) is 3. The first kappa shape index (κ1) is 10.6. The van der Waals surface area contributed by atoms with Crippen molar-refractivity contribution in [2.45, 2.75) is 26.2 Å². The zero-order valence-corrected chi connectivity index (χ0v) is 9.44. The van der Waals surface area contributed by atoms with E-state index in [1.54, 1.807) is 18.3 Å². The smallest absolute Gasteiger partial charge is 0.299 e. The van der Waals surface area contributed by atoms with Crippen LogP contribution in [0.5, 0.6) is 0 Å². The van der Waals surface area contributed by atoms with E-state index >= 15 is 0 Å². The van der Waals surface area contributed by atoms with Crippen molar-refractivity contribution in [2.75, 3.05) is 0 Å². The Bertz CT molecular complexity index is 552. The molecule has 1 N–H and O–H groups in total. The van der Waals surface area contributed by atoms with Crippen molar-refractivity contribution in [1.82, 2.24) is 9.97 Å². The number of hydrogen-bond donors (Lipinski definition) is 1. The normalized spacial score (nSPS) is 11.9. The van der Waals surface area contributed by atoms with E-state index in [1.807, 2.05) is 20.8 Å². The van der Waals surface area contributed by atoms with Gasteiger partial charge in [-0.2, -0.15) is 0 Å². The van der Waals surface area contributed by atoms with Gasteiger partial charge in [0.25, 0.3) is 5.69 Å². The molecule has 2 heterocycles. The number of H-pyrrole nitrogens is 1. The fraction of sp³-hybridized carbons (Fsp3) is 0.364. The minimum atomic E-state index is -0.346. The van der Waals surface area contributed by atoms with Crippen LogP contribution in [-0.2, 0) is 5.41 Å². The van der Waals surface area contributed by atoms with Crippen molar-refractivity contribution in [1.29, 1.82) is 0 Å². The first-order chi connectivity index (χ1) is 7.41. The first-order valence-electron chi connectivity index (χ1n) is 5.03. The van der Waals surface area contributed by atoms with Gasteiger partial charge < -0.3 is 4.98 Å². The van der Waals surface area contributed by atoms with Crippen LogP contribution in [0.3, 0.4) is 0 Å². The van der Waals surface area contributed by atoms with E-state index in [1.165, 1.54) is 0 Å². The molecule has 0 atom stereocenters. The molecule has 5 heteroatoms. The summed E-state index contributed by atoms with van der Waals surface area (Å²) in [7, 11) is 0. The third-order valence-corrected chi connectivity index (χ3v) is 2.48. The number of nitrogens with one attached hydrogen (secondary N) is 1. The number of nitro groups is 1. The van der Waals surface area contributed by atoms with Crippen LogP contribution in [0, 0.1) is 10.1 Å². The van der Waals surface area contributed by atoms with Crippen LogP contribution >= 0.6 is 0 Å². The Hall–Kier alpha value is -1.91. The quantitative estimate of drug-likeness (QED) is 0.592. The van der Waals surface area contributed by atoms with Crippen LogP contribution in [0.15, 0.2) is 18.3 Å². The molecule has 0 aliphatic carbocycles. The van der Waals surface area contributed by atoms with Gasteiger partial charge in [-0.25, -0.2) is 4.98 Å². The second kappa shape index (κ2) is 3.30. The van der Waals surface area contributed by atoms with Crippen molar-refractivity contribution in [3.63, 3.8) is 0 Å². The van der Waals surface area contributed by atoms with Gasteiger partial charge in [-0.3, -0.25) is 10.1 Å². The summed E-state index contributed by atoms with van der Waals surface area (Å²) in [6, 6.07) is 3.42. The SMILES string of the molecule is CC(C)(C)c1[nH]c2ncccc2c1[N+](=O)[O-]. The van der Waals surface area contributed by atoms with Gasteiger partial charge in [0, 0.05) is 11.6 Å². The lowest BCUT2D eigenvalue weighted by atomic mass is 9.91. The Morgan fingerprint density at radius 1 is 1.44 bits per heavy atom. The van der Waals surface area contributed by atoms with Gasteiger partial charge in [0.2, 0.25) is 0 Å². The number of rotatable bonds is 1. The average Bonchev–Trinajstić information content (AvgIpc) is 2.55.